The van der Waals surface area contributed by atoms with E-state index in [1.165, 1.54) is 0 Å². The molecule has 3 heterocycles. The number of ether oxygens (including phenoxy) is 1. The van der Waals surface area contributed by atoms with Crippen molar-refractivity contribution in [3.63, 3.8) is 0 Å². The summed E-state index contributed by atoms with van der Waals surface area (Å²) in [5, 5.41) is 19.0. The zero-order chi connectivity index (χ0) is 25.7. The van der Waals surface area contributed by atoms with Gasteiger partial charge < -0.3 is 14.7 Å². The molecule has 0 saturated carbocycles. The van der Waals surface area contributed by atoms with E-state index in [0.29, 0.717) is 36.6 Å². The average molecular weight is 486 g/mol. The second kappa shape index (κ2) is 11.3. The van der Waals surface area contributed by atoms with Crippen LogP contribution in [-0.2, 0) is 6.54 Å². The Bertz CT molecular complexity index is 1230. The molecule has 8 heteroatoms. The molecule has 1 aliphatic rings. The van der Waals surface area contributed by atoms with Gasteiger partial charge in [0.15, 0.2) is 0 Å². The molecule has 1 aromatic carbocycles. The number of carbonyl (C=O) groups is 1. The lowest BCUT2D eigenvalue weighted by atomic mass is 9.99. The third-order valence-electron chi connectivity index (χ3n) is 6.54. The lowest BCUT2D eigenvalue weighted by molar-refractivity contribution is 0.0325. The van der Waals surface area contributed by atoms with Crippen LogP contribution < -0.4 is 4.74 Å². The van der Waals surface area contributed by atoms with Crippen LogP contribution in [0.25, 0.3) is 11.1 Å². The largest absolute Gasteiger partial charge is 0.472 e. The zero-order valence-corrected chi connectivity index (χ0v) is 20.8. The maximum atomic E-state index is 13.6. The molecule has 0 fully saturated rings. The highest BCUT2D eigenvalue weighted by Crippen LogP contribution is 2.30. The summed E-state index contributed by atoms with van der Waals surface area (Å²) in [5.74, 6) is 0.0786. The van der Waals surface area contributed by atoms with Crippen molar-refractivity contribution in [2.45, 2.75) is 32.5 Å². The maximum absolute atomic E-state index is 13.6. The SMILES string of the molecule is C[C@H](CO)N1C[C@H](C)[C@H](CN(C)Cc2cccnc2)Oc2ncc(-c3ccc(C#N)cc3)cc2C1=O. The molecule has 0 aliphatic carbocycles. The van der Waals surface area contributed by atoms with Crippen molar-refractivity contribution >= 4 is 5.91 Å². The smallest absolute Gasteiger partial charge is 0.259 e. The summed E-state index contributed by atoms with van der Waals surface area (Å²) in [6, 6.07) is 14.7. The number of aliphatic hydroxyl groups is 1. The first-order valence-corrected chi connectivity index (χ1v) is 12.1. The lowest BCUT2D eigenvalue weighted by Crippen LogP contribution is -2.49. The molecule has 1 N–H and O–H groups in total. The van der Waals surface area contributed by atoms with Gasteiger partial charge in [0.05, 0.1) is 24.3 Å². The van der Waals surface area contributed by atoms with Crippen LogP contribution in [0.2, 0.25) is 0 Å². The molecule has 4 rings (SSSR count). The second-order valence-corrected chi connectivity index (χ2v) is 9.45. The van der Waals surface area contributed by atoms with Crippen molar-refractivity contribution in [3.05, 3.63) is 77.7 Å². The number of hydrogen-bond donors (Lipinski definition) is 1. The standard InChI is InChI=1S/C28H31N5O3/c1-19-15-33(20(2)18-34)28(35)25-11-24(23-8-6-21(12-29)7-9-23)14-31-27(25)36-26(19)17-32(3)16-22-5-4-10-30-13-22/h4-11,13-14,19-20,26,34H,15-18H2,1-3H3/t19-,20+,26-/m0/s1. The van der Waals surface area contributed by atoms with E-state index in [2.05, 4.69) is 27.9 Å². The number of amides is 1. The Kier molecular flexibility index (Phi) is 7.93. The van der Waals surface area contributed by atoms with Gasteiger partial charge in [-0.25, -0.2) is 4.98 Å². The first-order valence-electron chi connectivity index (χ1n) is 12.1. The van der Waals surface area contributed by atoms with E-state index in [4.69, 9.17) is 10.00 Å². The molecule has 3 aromatic rings. The van der Waals surface area contributed by atoms with Gasteiger partial charge >= 0.3 is 0 Å². The molecular formula is C28H31N5O3. The fraction of sp³-hybridized carbons (Fsp3) is 0.357. The molecule has 0 unspecified atom stereocenters. The van der Waals surface area contributed by atoms with Gasteiger partial charge in [-0.15, -0.1) is 0 Å². The number of nitrogens with zero attached hydrogens (tertiary/aromatic N) is 5. The highest BCUT2D eigenvalue weighted by molar-refractivity contribution is 5.98. The van der Waals surface area contributed by atoms with Crippen molar-refractivity contribution in [1.29, 1.82) is 5.26 Å². The number of aliphatic hydroxyl groups excluding tert-OH is 1. The van der Waals surface area contributed by atoms with Crippen LogP contribution in [0.4, 0.5) is 0 Å². The number of likely N-dealkylation sites (N-methyl/N-ethyl adjacent to an activating group) is 1. The van der Waals surface area contributed by atoms with Gasteiger partial charge in [-0.1, -0.05) is 25.1 Å². The van der Waals surface area contributed by atoms with E-state index < -0.39 is 0 Å². The van der Waals surface area contributed by atoms with E-state index in [9.17, 15) is 9.90 Å². The average Bonchev–Trinajstić information content (AvgIpc) is 2.90. The van der Waals surface area contributed by atoms with E-state index in [1.807, 2.05) is 44.4 Å². The van der Waals surface area contributed by atoms with Crippen LogP contribution in [0, 0.1) is 17.2 Å². The molecule has 1 amide bonds. The summed E-state index contributed by atoms with van der Waals surface area (Å²) in [7, 11) is 2.03. The summed E-state index contributed by atoms with van der Waals surface area (Å²) in [6.45, 7) is 5.56. The summed E-state index contributed by atoms with van der Waals surface area (Å²) in [6.07, 6.45) is 5.08. The number of carbonyl (C=O) groups excluding carboxylic acids is 1. The normalized spacial score (nSPS) is 18.6. The van der Waals surface area contributed by atoms with Crippen molar-refractivity contribution in [3.8, 4) is 23.1 Å². The first-order chi connectivity index (χ1) is 17.4. The van der Waals surface area contributed by atoms with Crippen molar-refractivity contribution < 1.29 is 14.6 Å². The maximum Gasteiger partial charge on any atom is 0.259 e. The Morgan fingerprint density at radius 1 is 1.25 bits per heavy atom. The number of pyridine rings is 2. The van der Waals surface area contributed by atoms with Gasteiger partial charge in [0, 0.05) is 49.7 Å². The molecule has 186 valence electrons. The Morgan fingerprint density at radius 2 is 2.03 bits per heavy atom. The highest BCUT2D eigenvalue weighted by atomic mass is 16.5. The zero-order valence-electron chi connectivity index (χ0n) is 20.8. The van der Waals surface area contributed by atoms with E-state index in [0.717, 1.165) is 16.7 Å². The minimum Gasteiger partial charge on any atom is -0.472 e. The minimum atomic E-state index is -0.349. The van der Waals surface area contributed by atoms with Crippen LogP contribution in [0.5, 0.6) is 5.88 Å². The van der Waals surface area contributed by atoms with Gasteiger partial charge in [-0.3, -0.25) is 14.7 Å². The number of aromatic nitrogens is 2. The monoisotopic (exact) mass is 485 g/mol. The number of fused-ring (bicyclic) bond motifs is 1. The topological polar surface area (TPSA) is 103 Å². The van der Waals surface area contributed by atoms with Gasteiger partial charge in [0.2, 0.25) is 5.88 Å². The summed E-state index contributed by atoms with van der Waals surface area (Å²) < 4.78 is 6.40. The fourth-order valence-corrected chi connectivity index (χ4v) is 4.39. The van der Waals surface area contributed by atoms with Gasteiger partial charge in [0.25, 0.3) is 5.91 Å². The quantitative estimate of drug-likeness (QED) is 0.547. The molecular weight excluding hydrogens is 454 g/mol. The molecule has 0 saturated heterocycles. The van der Waals surface area contributed by atoms with Crippen LogP contribution in [0.1, 0.15) is 35.3 Å². The second-order valence-electron chi connectivity index (χ2n) is 9.45. The third kappa shape index (κ3) is 5.70. The Labute approximate surface area is 211 Å². The predicted molar refractivity (Wildman–Crippen MR) is 136 cm³/mol. The van der Waals surface area contributed by atoms with Gasteiger partial charge in [-0.05, 0) is 49.4 Å². The molecule has 1 aliphatic heterocycles. The summed E-state index contributed by atoms with van der Waals surface area (Å²) >= 11 is 0. The molecule has 0 bridgehead atoms. The van der Waals surface area contributed by atoms with Crippen LogP contribution in [0.15, 0.2) is 61.1 Å². The van der Waals surface area contributed by atoms with E-state index >= 15 is 0 Å². The molecule has 0 spiro atoms. The number of nitriles is 1. The van der Waals surface area contributed by atoms with Crippen molar-refractivity contribution in [2.24, 2.45) is 5.92 Å². The van der Waals surface area contributed by atoms with Gasteiger partial charge in [0.1, 0.15) is 11.7 Å². The minimum absolute atomic E-state index is 0.00690. The van der Waals surface area contributed by atoms with Crippen molar-refractivity contribution in [2.75, 3.05) is 26.7 Å². The molecule has 36 heavy (non-hydrogen) atoms. The molecule has 3 atom stereocenters. The van der Waals surface area contributed by atoms with Crippen LogP contribution in [-0.4, -0.2) is 69.7 Å². The number of benzene rings is 1. The predicted octanol–water partition coefficient (Wildman–Crippen LogP) is 3.37. The Morgan fingerprint density at radius 3 is 2.69 bits per heavy atom. The first kappa shape index (κ1) is 25.3. The lowest BCUT2D eigenvalue weighted by Gasteiger charge is -2.37. The summed E-state index contributed by atoms with van der Waals surface area (Å²) in [5.41, 5.74) is 3.64. The molecule has 2 aromatic heterocycles. The number of rotatable bonds is 7. The third-order valence-corrected chi connectivity index (χ3v) is 6.54. The molecule has 0 radical (unpaired) electrons. The fourth-order valence-electron chi connectivity index (χ4n) is 4.39. The van der Waals surface area contributed by atoms with Crippen LogP contribution >= 0.6 is 0 Å². The van der Waals surface area contributed by atoms with E-state index in [-0.39, 0.29) is 30.6 Å². The van der Waals surface area contributed by atoms with E-state index in [1.54, 1.807) is 35.5 Å². The highest BCUT2D eigenvalue weighted by Gasteiger charge is 2.34. The summed E-state index contributed by atoms with van der Waals surface area (Å²) in [4.78, 5) is 26.3. The number of hydrogen-bond acceptors (Lipinski definition) is 7. The Hall–Kier alpha value is -3.80. The van der Waals surface area contributed by atoms with Crippen LogP contribution in [0.3, 0.4) is 0 Å². The molecule has 8 nitrogen and oxygen atoms in total. The van der Waals surface area contributed by atoms with Gasteiger partial charge in [-0.2, -0.15) is 5.26 Å². The van der Waals surface area contributed by atoms with Crippen molar-refractivity contribution in [1.82, 2.24) is 19.8 Å². The Balaban J connectivity index is 1.66.